The Morgan fingerprint density at radius 1 is 1.10 bits per heavy atom. The molecule has 3 N–H and O–H groups in total. The van der Waals surface area contributed by atoms with Crippen molar-refractivity contribution in [1.29, 1.82) is 0 Å². The fourth-order valence-corrected chi connectivity index (χ4v) is 4.23. The van der Waals surface area contributed by atoms with E-state index in [1.807, 2.05) is 0 Å². The molecule has 3 heteroatoms. The van der Waals surface area contributed by atoms with E-state index in [4.69, 9.17) is 5.73 Å². The lowest BCUT2D eigenvalue weighted by Crippen LogP contribution is -2.38. The van der Waals surface area contributed by atoms with E-state index in [2.05, 4.69) is 19.2 Å². The van der Waals surface area contributed by atoms with Crippen molar-refractivity contribution >= 4 is 5.91 Å². The lowest BCUT2D eigenvalue weighted by atomic mass is 9.80. The summed E-state index contributed by atoms with van der Waals surface area (Å²) in [5, 5.41) is 3.30. The standard InChI is InChI=1S/C17H32N2O/c1-3-15-8-9-16(12(15)2)19-17(20)10-13-4-6-14(11-18)7-5-13/h12-16H,3-11,18H2,1-2H3,(H,19,20). The van der Waals surface area contributed by atoms with Crippen molar-refractivity contribution in [3.63, 3.8) is 0 Å². The molecule has 3 unspecified atom stereocenters. The highest BCUT2D eigenvalue weighted by atomic mass is 16.1. The summed E-state index contributed by atoms with van der Waals surface area (Å²) < 4.78 is 0. The molecule has 0 radical (unpaired) electrons. The van der Waals surface area contributed by atoms with Gasteiger partial charge in [0.25, 0.3) is 0 Å². The van der Waals surface area contributed by atoms with Gasteiger partial charge in [-0.2, -0.15) is 0 Å². The molecule has 0 aromatic heterocycles. The van der Waals surface area contributed by atoms with E-state index in [9.17, 15) is 4.79 Å². The van der Waals surface area contributed by atoms with Crippen molar-refractivity contribution in [1.82, 2.24) is 5.32 Å². The van der Waals surface area contributed by atoms with E-state index in [0.29, 0.717) is 23.8 Å². The molecule has 0 heterocycles. The zero-order chi connectivity index (χ0) is 14.5. The number of hydrogen-bond donors (Lipinski definition) is 2. The number of nitrogens with two attached hydrogens (primary N) is 1. The molecule has 2 fully saturated rings. The summed E-state index contributed by atoms with van der Waals surface area (Å²) in [6.45, 7) is 5.39. The molecule has 116 valence electrons. The minimum absolute atomic E-state index is 0.287. The predicted octanol–water partition coefficient (Wildman–Crippen LogP) is 3.08. The molecule has 0 saturated heterocycles. The maximum atomic E-state index is 12.2. The molecule has 2 aliphatic rings. The van der Waals surface area contributed by atoms with E-state index in [0.717, 1.165) is 18.9 Å². The van der Waals surface area contributed by atoms with Crippen molar-refractivity contribution in [3.8, 4) is 0 Å². The van der Waals surface area contributed by atoms with Crippen LogP contribution in [0.3, 0.4) is 0 Å². The summed E-state index contributed by atoms with van der Waals surface area (Å²) in [4.78, 5) is 12.2. The van der Waals surface area contributed by atoms with Gasteiger partial charge in [-0.1, -0.05) is 20.3 Å². The maximum absolute atomic E-state index is 12.2. The van der Waals surface area contributed by atoms with Crippen molar-refractivity contribution in [2.75, 3.05) is 6.54 Å². The quantitative estimate of drug-likeness (QED) is 0.813. The molecule has 3 atom stereocenters. The molecular weight excluding hydrogens is 248 g/mol. The first-order chi connectivity index (χ1) is 9.63. The smallest absolute Gasteiger partial charge is 0.220 e. The van der Waals surface area contributed by atoms with Gasteiger partial charge in [-0.15, -0.1) is 0 Å². The molecule has 0 bridgehead atoms. The van der Waals surface area contributed by atoms with Gasteiger partial charge in [0.1, 0.15) is 0 Å². The van der Waals surface area contributed by atoms with Crippen molar-refractivity contribution in [2.45, 2.75) is 71.3 Å². The van der Waals surface area contributed by atoms with Crippen LogP contribution in [0.4, 0.5) is 0 Å². The molecule has 0 aromatic rings. The Kier molecular flexibility index (Phi) is 5.88. The van der Waals surface area contributed by atoms with Crippen LogP contribution in [0.1, 0.15) is 65.2 Å². The summed E-state index contributed by atoms with van der Waals surface area (Å²) in [5.41, 5.74) is 5.72. The Bertz CT molecular complexity index is 310. The van der Waals surface area contributed by atoms with Crippen LogP contribution in [0.25, 0.3) is 0 Å². The number of carbonyl (C=O) groups excluding carboxylic acids is 1. The largest absolute Gasteiger partial charge is 0.353 e. The fourth-order valence-electron chi connectivity index (χ4n) is 4.23. The van der Waals surface area contributed by atoms with Crippen molar-refractivity contribution in [2.24, 2.45) is 29.4 Å². The second-order valence-electron chi connectivity index (χ2n) is 7.11. The highest BCUT2D eigenvalue weighted by Gasteiger charge is 2.32. The Balaban J connectivity index is 1.71. The van der Waals surface area contributed by atoms with Crippen LogP contribution in [0.15, 0.2) is 0 Å². The summed E-state index contributed by atoms with van der Waals surface area (Å²) in [7, 11) is 0. The number of rotatable bonds is 5. The van der Waals surface area contributed by atoms with Gasteiger partial charge < -0.3 is 11.1 Å². The zero-order valence-electron chi connectivity index (χ0n) is 13.2. The zero-order valence-corrected chi connectivity index (χ0v) is 13.2. The van der Waals surface area contributed by atoms with Crippen LogP contribution in [-0.2, 0) is 4.79 Å². The molecule has 2 rings (SSSR count). The molecule has 2 aliphatic carbocycles. The Labute approximate surface area is 124 Å². The van der Waals surface area contributed by atoms with Crippen LogP contribution >= 0.6 is 0 Å². The van der Waals surface area contributed by atoms with E-state index >= 15 is 0 Å². The minimum atomic E-state index is 0.287. The number of nitrogens with one attached hydrogen (secondary N) is 1. The summed E-state index contributed by atoms with van der Waals surface area (Å²) >= 11 is 0. The topological polar surface area (TPSA) is 55.1 Å². The molecule has 0 aromatic carbocycles. The van der Waals surface area contributed by atoms with Crippen LogP contribution in [0.2, 0.25) is 0 Å². The first-order valence-electron chi connectivity index (χ1n) is 8.63. The van der Waals surface area contributed by atoms with Gasteiger partial charge in [0, 0.05) is 12.5 Å². The number of carbonyl (C=O) groups is 1. The molecule has 2 saturated carbocycles. The molecule has 3 nitrogen and oxygen atoms in total. The molecule has 0 spiro atoms. The Morgan fingerprint density at radius 2 is 1.75 bits per heavy atom. The third-order valence-corrected chi connectivity index (χ3v) is 5.87. The average molecular weight is 280 g/mol. The molecule has 0 aliphatic heterocycles. The Hall–Kier alpha value is -0.570. The highest BCUT2D eigenvalue weighted by Crippen LogP contribution is 2.34. The van der Waals surface area contributed by atoms with Crippen molar-refractivity contribution < 1.29 is 4.79 Å². The molecule has 20 heavy (non-hydrogen) atoms. The van der Waals surface area contributed by atoms with Crippen molar-refractivity contribution in [3.05, 3.63) is 0 Å². The lowest BCUT2D eigenvalue weighted by molar-refractivity contribution is -0.123. The van der Waals surface area contributed by atoms with Gasteiger partial charge >= 0.3 is 0 Å². The summed E-state index contributed by atoms with van der Waals surface area (Å²) in [6, 6.07) is 0.424. The summed E-state index contributed by atoms with van der Waals surface area (Å²) in [6.07, 6.45) is 9.24. The van der Waals surface area contributed by atoms with E-state index in [1.54, 1.807) is 0 Å². The first-order valence-corrected chi connectivity index (χ1v) is 8.63. The number of hydrogen-bond acceptors (Lipinski definition) is 2. The fraction of sp³-hybridized carbons (Fsp3) is 0.941. The van der Waals surface area contributed by atoms with E-state index in [1.165, 1.54) is 44.9 Å². The SMILES string of the molecule is CCC1CCC(NC(=O)CC2CCC(CN)CC2)C1C. The van der Waals surface area contributed by atoms with Gasteiger partial charge in [-0.05, 0) is 68.7 Å². The highest BCUT2D eigenvalue weighted by molar-refractivity contribution is 5.76. The van der Waals surface area contributed by atoms with Gasteiger partial charge in [-0.25, -0.2) is 0 Å². The maximum Gasteiger partial charge on any atom is 0.220 e. The van der Waals surface area contributed by atoms with E-state index in [-0.39, 0.29) is 5.91 Å². The van der Waals surface area contributed by atoms with Crippen LogP contribution in [0.5, 0.6) is 0 Å². The average Bonchev–Trinajstić information content (AvgIpc) is 2.80. The molecule has 1 amide bonds. The monoisotopic (exact) mass is 280 g/mol. The third kappa shape index (κ3) is 3.97. The second kappa shape index (κ2) is 7.44. The molecular formula is C17H32N2O. The summed E-state index contributed by atoms with van der Waals surface area (Å²) in [5.74, 6) is 3.04. The van der Waals surface area contributed by atoms with Crippen LogP contribution in [-0.4, -0.2) is 18.5 Å². The Morgan fingerprint density at radius 3 is 2.30 bits per heavy atom. The normalized spacial score (nSPS) is 37.9. The first kappa shape index (κ1) is 15.8. The van der Waals surface area contributed by atoms with Crippen LogP contribution in [0, 0.1) is 23.7 Å². The predicted molar refractivity (Wildman–Crippen MR) is 83.2 cm³/mol. The lowest BCUT2D eigenvalue weighted by Gasteiger charge is -2.28. The van der Waals surface area contributed by atoms with E-state index < -0.39 is 0 Å². The van der Waals surface area contributed by atoms with Gasteiger partial charge in [0.2, 0.25) is 5.91 Å². The van der Waals surface area contributed by atoms with Gasteiger partial charge in [0.05, 0.1) is 0 Å². The second-order valence-corrected chi connectivity index (χ2v) is 7.11. The van der Waals surface area contributed by atoms with Crippen LogP contribution < -0.4 is 11.1 Å². The minimum Gasteiger partial charge on any atom is -0.353 e. The number of amides is 1. The third-order valence-electron chi connectivity index (χ3n) is 5.87. The van der Waals surface area contributed by atoms with Gasteiger partial charge in [0.15, 0.2) is 0 Å². The van der Waals surface area contributed by atoms with Gasteiger partial charge in [-0.3, -0.25) is 4.79 Å².